The molecule has 1 fully saturated rings. The number of aromatic nitrogens is 3. The minimum atomic E-state index is 0.123. The van der Waals surface area contributed by atoms with Crippen molar-refractivity contribution in [3.63, 3.8) is 0 Å². The maximum absolute atomic E-state index is 11.4. The van der Waals surface area contributed by atoms with Crippen LogP contribution in [0.3, 0.4) is 0 Å². The summed E-state index contributed by atoms with van der Waals surface area (Å²) >= 11 is 0. The van der Waals surface area contributed by atoms with Crippen molar-refractivity contribution in [3.05, 3.63) is 41.9 Å². The van der Waals surface area contributed by atoms with Crippen molar-refractivity contribution in [1.82, 2.24) is 25.4 Å². The summed E-state index contributed by atoms with van der Waals surface area (Å²) < 4.78 is 5.73. The number of nitrogens with zero attached hydrogens (tertiary/aromatic N) is 4. The van der Waals surface area contributed by atoms with Crippen LogP contribution in [-0.2, 0) is 17.9 Å². The van der Waals surface area contributed by atoms with Crippen LogP contribution in [0.5, 0.6) is 0 Å². The van der Waals surface area contributed by atoms with Crippen LogP contribution in [0.15, 0.2) is 28.8 Å². The van der Waals surface area contributed by atoms with Crippen LogP contribution in [0.4, 0.5) is 0 Å². The highest BCUT2D eigenvalue weighted by Crippen LogP contribution is 2.16. The SMILES string of the molecule is CC(C)c1nnc(CN(Cc2ccccn2)C[C@@H]2CCC(=O)N2)o1. The van der Waals surface area contributed by atoms with E-state index in [2.05, 4.69) is 25.4 Å². The van der Waals surface area contributed by atoms with Crippen molar-refractivity contribution in [2.24, 2.45) is 0 Å². The molecule has 0 aliphatic carbocycles. The Kier molecular flexibility index (Phi) is 5.20. The molecule has 128 valence electrons. The third-order valence-electron chi connectivity index (χ3n) is 4.01. The van der Waals surface area contributed by atoms with Gasteiger partial charge in [-0.3, -0.25) is 14.7 Å². The highest BCUT2D eigenvalue weighted by molar-refractivity contribution is 5.78. The van der Waals surface area contributed by atoms with Gasteiger partial charge in [-0.2, -0.15) is 0 Å². The Hall–Kier alpha value is -2.28. The van der Waals surface area contributed by atoms with E-state index in [1.54, 1.807) is 6.20 Å². The maximum atomic E-state index is 11.4. The Morgan fingerprint density at radius 2 is 2.21 bits per heavy atom. The minimum Gasteiger partial charge on any atom is -0.424 e. The molecule has 2 aromatic heterocycles. The molecular weight excluding hydrogens is 306 g/mol. The molecule has 24 heavy (non-hydrogen) atoms. The molecule has 0 radical (unpaired) electrons. The van der Waals surface area contributed by atoms with Gasteiger partial charge in [0, 0.05) is 37.7 Å². The van der Waals surface area contributed by atoms with Crippen LogP contribution >= 0.6 is 0 Å². The third kappa shape index (κ3) is 4.38. The van der Waals surface area contributed by atoms with Gasteiger partial charge in [0.15, 0.2) is 0 Å². The first-order chi connectivity index (χ1) is 11.6. The van der Waals surface area contributed by atoms with E-state index in [1.165, 1.54) is 0 Å². The second kappa shape index (κ2) is 7.53. The highest BCUT2D eigenvalue weighted by atomic mass is 16.4. The summed E-state index contributed by atoms with van der Waals surface area (Å²) in [6.45, 7) is 6.00. The van der Waals surface area contributed by atoms with E-state index in [0.29, 0.717) is 31.3 Å². The molecule has 1 atom stereocenters. The second-order valence-corrected chi connectivity index (χ2v) is 6.48. The van der Waals surface area contributed by atoms with Crippen molar-refractivity contribution < 1.29 is 9.21 Å². The van der Waals surface area contributed by atoms with Crippen molar-refractivity contribution in [1.29, 1.82) is 0 Å². The fourth-order valence-corrected chi connectivity index (χ4v) is 2.79. The molecule has 0 aromatic carbocycles. The van der Waals surface area contributed by atoms with Crippen molar-refractivity contribution in [2.75, 3.05) is 6.54 Å². The van der Waals surface area contributed by atoms with Gasteiger partial charge in [-0.05, 0) is 18.6 Å². The van der Waals surface area contributed by atoms with Crippen molar-refractivity contribution in [3.8, 4) is 0 Å². The lowest BCUT2D eigenvalue weighted by Crippen LogP contribution is -2.38. The Labute approximate surface area is 141 Å². The zero-order chi connectivity index (χ0) is 16.9. The summed E-state index contributed by atoms with van der Waals surface area (Å²) in [5, 5.41) is 11.2. The number of carbonyl (C=O) groups is 1. The molecule has 0 spiro atoms. The molecule has 1 N–H and O–H groups in total. The van der Waals surface area contributed by atoms with E-state index in [9.17, 15) is 4.79 Å². The summed E-state index contributed by atoms with van der Waals surface area (Å²) in [6, 6.07) is 6.03. The van der Waals surface area contributed by atoms with Gasteiger partial charge in [0.25, 0.3) is 0 Å². The van der Waals surface area contributed by atoms with Crippen molar-refractivity contribution >= 4 is 5.91 Å². The Balaban J connectivity index is 1.69. The monoisotopic (exact) mass is 329 g/mol. The van der Waals surface area contributed by atoms with Crippen LogP contribution < -0.4 is 5.32 Å². The number of pyridine rings is 1. The number of nitrogens with one attached hydrogen (secondary N) is 1. The zero-order valence-electron chi connectivity index (χ0n) is 14.1. The molecular formula is C17H23N5O2. The average Bonchev–Trinajstić information content (AvgIpc) is 3.18. The summed E-state index contributed by atoms with van der Waals surface area (Å²) in [5.74, 6) is 1.58. The lowest BCUT2D eigenvalue weighted by Gasteiger charge is -2.23. The smallest absolute Gasteiger partial charge is 0.230 e. The molecule has 0 bridgehead atoms. The van der Waals surface area contributed by atoms with Gasteiger partial charge >= 0.3 is 0 Å². The van der Waals surface area contributed by atoms with E-state index in [-0.39, 0.29) is 17.9 Å². The predicted octanol–water partition coefficient (Wildman–Crippen LogP) is 1.87. The van der Waals surface area contributed by atoms with E-state index in [1.807, 2.05) is 32.0 Å². The van der Waals surface area contributed by atoms with E-state index in [0.717, 1.165) is 18.7 Å². The maximum Gasteiger partial charge on any atom is 0.230 e. The van der Waals surface area contributed by atoms with Gasteiger partial charge in [-0.1, -0.05) is 19.9 Å². The normalized spacial score (nSPS) is 17.7. The summed E-state index contributed by atoms with van der Waals surface area (Å²) in [5.41, 5.74) is 0.977. The van der Waals surface area contributed by atoms with E-state index >= 15 is 0 Å². The lowest BCUT2D eigenvalue weighted by molar-refractivity contribution is -0.119. The summed E-state index contributed by atoms with van der Waals surface area (Å²) in [6.07, 6.45) is 3.24. The topological polar surface area (TPSA) is 84.2 Å². The van der Waals surface area contributed by atoms with Crippen LogP contribution in [0, 0.1) is 0 Å². The molecule has 1 amide bonds. The van der Waals surface area contributed by atoms with Gasteiger partial charge < -0.3 is 9.73 Å². The largest absolute Gasteiger partial charge is 0.424 e. The molecule has 1 aliphatic rings. The Morgan fingerprint density at radius 3 is 2.83 bits per heavy atom. The lowest BCUT2D eigenvalue weighted by atomic mass is 10.2. The first-order valence-electron chi connectivity index (χ1n) is 8.34. The number of hydrogen-bond acceptors (Lipinski definition) is 6. The molecule has 3 rings (SSSR count). The summed E-state index contributed by atoms with van der Waals surface area (Å²) in [7, 11) is 0. The molecule has 1 aliphatic heterocycles. The van der Waals surface area contributed by atoms with Gasteiger partial charge in [0.2, 0.25) is 17.7 Å². The van der Waals surface area contributed by atoms with Crippen LogP contribution in [0.2, 0.25) is 0 Å². The van der Waals surface area contributed by atoms with Crippen molar-refractivity contribution in [2.45, 2.75) is 51.7 Å². The molecule has 0 unspecified atom stereocenters. The van der Waals surface area contributed by atoms with Crippen LogP contribution in [-0.4, -0.2) is 38.6 Å². The first kappa shape index (κ1) is 16.6. The minimum absolute atomic E-state index is 0.123. The van der Waals surface area contributed by atoms with Gasteiger partial charge in [0.05, 0.1) is 12.2 Å². The number of rotatable bonds is 7. The molecule has 7 nitrogen and oxygen atoms in total. The second-order valence-electron chi connectivity index (χ2n) is 6.48. The van der Waals surface area contributed by atoms with Gasteiger partial charge in [-0.25, -0.2) is 0 Å². The molecule has 1 saturated heterocycles. The summed E-state index contributed by atoms with van der Waals surface area (Å²) in [4.78, 5) is 18.0. The fraction of sp³-hybridized carbons (Fsp3) is 0.529. The molecule has 2 aromatic rings. The number of carbonyl (C=O) groups excluding carboxylic acids is 1. The van der Waals surface area contributed by atoms with Crippen LogP contribution in [0.1, 0.15) is 50.1 Å². The van der Waals surface area contributed by atoms with Gasteiger partial charge in [-0.15, -0.1) is 10.2 Å². The average molecular weight is 329 g/mol. The van der Waals surface area contributed by atoms with E-state index in [4.69, 9.17) is 4.42 Å². The predicted molar refractivity (Wildman–Crippen MR) is 87.9 cm³/mol. The quantitative estimate of drug-likeness (QED) is 0.835. The molecule has 0 saturated carbocycles. The van der Waals surface area contributed by atoms with Gasteiger partial charge in [0.1, 0.15) is 0 Å². The molecule has 7 heteroatoms. The standard InChI is InChI=1S/C17H23N5O2/c1-12(2)17-21-20-16(24-17)11-22(9-13-5-3-4-8-18-13)10-14-6-7-15(23)19-14/h3-5,8,12,14H,6-7,9-11H2,1-2H3,(H,19,23)/t14-/m0/s1. The molecule has 3 heterocycles. The van der Waals surface area contributed by atoms with Crippen LogP contribution in [0.25, 0.3) is 0 Å². The highest BCUT2D eigenvalue weighted by Gasteiger charge is 2.24. The zero-order valence-corrected chi connectivity index (χ0v) is 14.1. The Bertz CT molecular complexity index is 671. The first-order valence-corrected chi connectivity index (χ1v) is 8.34. The number of amides is 1. The van der Waals surface area contributed by atoms with E-state index < -0.39 is 0 Å². The Morgan fingerprint density at radius 1 is 1.33 bits per heavy atom. The number of hydrogen-bond donors (Lipinski definition) is 1. The third-order valence-corrected chi connectivity index (χ3v) is 4.01. The fourth-order valence-electron chi connectivity index (χ4n) is 2.79.